The highest BCUT2D eigenvalue weighted by Crippen LogP contribution is 2.27. The van der Waals surface area contributed by atoms with E-state index in [0.29, 0.717) is 44.0 Å². The molecule has 1 saturated heterocycles. The first-order chi connectivity index (χ1) is 12.3. The van der Waals surface area contributed by atoms with E-state index in [-0.39, 0.29) is 5.91 Å². The molecule has 138 valence electrons. The molecule has 0 atom stereocenters. The summed E-state index contributed by atoms with van der Waals surface area (Å²) < 4.78 is 50.7. The van der Waals surface area contributed by atoms with Crippen LogP contribution in [-0.2, 0) is 6.18 Å². The van der Waals surface area contributed by atoms with Crippen molar-refractivity contribution in [3.8, 4) is 0 Å². The third-order valence-corrected chi connectivity index (χ3v) is 4.14. The number of carbonyl (C=O) groups is 1. The maximum absolute atomic E-state index is 13.0. The average Bonchev–Trinajstić information content (AvgIpc) is 2.87. The van der Waals surface area contributed by atoms with Crippen LogP contribution in [0.2, 0.25) is 0 Å². The molecule has 1 aromatic heterocycles. The van der Waals surface area contributed by atoms with Gasteiger partial charge in [-0.1, -0.05) is 0 Å². The van der Waals surface area contributed by atoms with Crippen molar-refractivity contribution in [1.29, 1.82) is 0 Å². The molecule has 0 unspecified atom stereocenters. The van der Waals surface area contributed by atoms with E-state index in [1.54, 1.807) is 9.80 Å². The number of alkyl halides is 3. The van der Waals surface area contributed by atoms with Crippen molar-refractivity contribution in [3.63, 3.8) is 0 Å². The van der Waals surface area contributed by atoms with E-state index < -0.39 is 17.7 Å². The lowest BCUT2D eigenvalue weighted by Gasteiger charge is -2.22. The van der Waals surface area contributed by atoms with Gasteiger partial charge in [0, 0.05) is 31.7 Å². The molecule has 9 heteroatoms. The molecule has 0 bridgehead atoms. The lowest BCUT2D eigenvalue weighted by Crippen LogP contribution is -2.35. The molecule has 0 aliphatic carbocycles. The topological polar surface area (TPSA) is 49.3 Å². The minimum Gasteiger partial charge on any atom is -0.353 e. The molecule has 1 aromatic carbocycles. The van der Waals surface area contributed by atoms with Crippen LogP contribution >= 0.6 is 0 Å². The molecule has 0 spiro atoms. The Morgan fingerprint density at radius 2 is 1.65 bits per heavy atom. The molecule has 3 rings (SSSR count). The van der Waals surface area contributed by atoms with Gasteiger partial charge in [-0.15, -0.1) is 10.2 Å². The SMILES string of the molecule is O=C(c1ccc(F)cc1)N1CCCN(c2ccc(C(F)(F)F)nn2)CC1. The summed E-state index contributed by atoms with van der Waals surface area (Å²) in [6, 6.07) is 7.51. The highest BCUT2D eigenvalue weighted by molar-refractivity contribution is 5.94. The van der Waals surface area contributed by atoms with Crippen molar-refractivity contribution in [2.45, 2.75) is 12.6 Å². The van der Waals surface area contributed by atoms with E-state index in [2.05, 4.69) is 10.2 Å². The number of halogens is 4. The monoisotopic (exact) mass is 368 g/mol. The maximum Gasteiger partial charge on any atom is 0.435 e. The molecule has 1 amide bonds. The van der Waals surface area contributed by atoms with E-state index in [0.717, 1.165) is 6.07 Å². The summed E-state index contributed by atoms with van der Waals surface area (Å²) >= 11 is 0. The predicted molar refractivity (Wildman–Crippen MR) is 86.2 cm³/mol. The number of amides is 1. The molecule has 1 fully saturated rings. The zero-order chi connectivity index (χ0) is 18.7. The standard InChI is InChI=1S/C17H16F4N4O/c18-13-4-2-12(3-5-13)16(26)25-9-1-8-24(10-11-25)15-7-6-14(22-23-15)17(19,20)21/h2-7H,1,8-11H2. The van der Waals surface area contributed by atoms with Gasteiger partial charge < -0.3 is 9.80 Å². The van der Waals surface area contributed by atoms with Gasteiger partial charge in [-0.25, -0.2) is 4.39 Å². The fraction of sp³-hybridized carbons (Fsp3) is 0.353. The molecule has 5 nitrogen and oxygen atoms in total. The van der Waals surface area contributed by atoms with E-state index in [9.17, 15) is 22.4 Å². The fourth-order valence-corrected chi connectivity index (χ4v) is 2.77. The molecule has 0 radical (unpaired) electrons. The molecule has 0 N–H and O–H groups in total. The summed E-state index contributed by atoms with van der Waals surface area (Å²) in [7, 11) is 0. The first-order valence-electron chi connectivity index (χ1n) is 8.05. The van der Waals surface area contributed by atoms with Crippen LogP contribution in [0.3, 0.4) is 0 Å². The number of rotatable bonds is 2. The number of hydrogen-bond donors (Lipinski definition) is 0. The van der Waals surface area contributed by atoms with Crippen LogP contribution in [-0.4, -0.2) is 47.2 Å². The summed E-state index contributed by atoms with van der Waals surface area (Å²) in [4.78, 5) is 15.9. The van der Waals surface area contributed by atoms with Crippen molar-refractivity contribution in [3.05, 3.63) is 53.5 Å². The summed E-state index contributed by atoms with van der Waals surface area (Å²) in [5.74, 6) is -0.274. The number of anilines is 1. The Kier molecular flexibility index (Phi) is 5.06. The average molecular weight is 368 g/mol. The third-order valence-electron chi connectivity index (χ3n) is 4.14. The Morgan fingerprint density at radius 1 is 0.923 bits per heavy atom. The van der Waals surface area contributed by atoms with Gasteiger partial charge in [0.25, 0.3) is 5.91 Å². The minimum atomic E-state index is -4.53. The van der Waals surface area contributed by atoms with Crippen LogP contribution in [0.1, 0.15) is 22.5 Å². The first-order valence-corrected chi connectivity index (χ1v) is 8.05. The van der Waals surface area contributed by atoms with E-state index in [1.165, 1.54) is 30.3 Å². The number of hydrogen-bond acceptors (Lipinski definition) is 4. The molecular weight excluding hydrogens is 352 g/mol. The Morgan fingerprint density at radius 3 is 2.27 bits per heavy atom. The molecule has 0 saturated carbocycles. The lowest BCUT2D eigenvalue weighted by molar-refractivity contribution is -0.141. The van der Waals surface area contributed by atoms with E-state index in [1.807, 2.05) is 0 Å². The Labute approximate surface area is 147 Å². The van der Waals surface area contributed by atoms with Gasteiger partial charge in [-0.05, 0) is 42.8 Å². The van der Waals surface area contributed by atoms with Gasteiger partial charge in [0.1, 0.15) is 5.82 Å². The highest BCUT2D eigenvalue weighted by atomic mass is 19.4. The first kappa shape index (κ1) is 18.1. The van der Waals surface area contributed by atoms with Crippen LogP contribution in [0.4, 0.5) is 23.4 Å². The molecule has 2 heterocycles. The van der Waals surface area contributed by atoms with E-state index in [4.69, 9.17) is 0 Å². The maximum atomic E-state index is 13.0. The fourth-order valence-electron chi connectivity index (χ4n) is 2.77. The Balaban J connectivity index is 1.66. The van der Waals surface area contributed by atoms with Crippen LogP contribution in [0, 0.1) is 5.82 Å². The largest absolute Gasteiger partial charge is 0.435 e. The van der Waals surface area contributed by atoms with Gasteiger partial charge in [0.15, 0.2) is 11.5 Å². The number of aromatic nitrogens is 2. The zero-order valence-corrected chi connectivity index (χ0v) is 13.7. The molecule has 26 heavy (non-hydrogen) atoms. The minimum absolute atomic E-state index is 0.203. The summed E-state index contributed by atoms with van der Waals surface area (Å²) in [5.41, 5.74) is -0.640. The van der Waals surface area contributed by atoms with Gasteiger partial charge >= 0.3 is 6.18 Å². The molecule has 1 aliphatic heterocycles. The van der Waals surface area contributed by atoms with Crippen molar-refractivity contribution in [2.75, 3.05) is 31.1 Å². The number of carbonyl (C=O) groups excluding carboxylic acids is 1. The Bertz CT molecular complexity index is 762. The second-order valence-corrected chi connectivity index (χ2v) is 5.91. The summed E-state index contributed by atoms with van der Waals surface area (Å²) in [5, 5.41) is 6.89. The van der Waals surface area contributed by atoms with Gasteiger partial charge in [0.2, 0.25) is 0 Å². The van der Waals surface area contributed by atoms with Crippen LogP contribution in [0.15, 0.2) is 36.4 Å². The summed E-state index contributed by atoms with van der Waals surface area (Å²) in [6.45, 7) is 1.86. The van der Waals surface area contributed by atoms with Crippen molar-refractivity contribution in [1.82, 2.24) is 15.1 Å². The second kappa shape index (κ2) is 7.27. The summed E-state index contributed by atoms with van der Waals surface area (Å²) in [6.07, 6.45) is -3.89. The molecular formula is C17H16F4N4O. The quantitative estimate of drug-likeness (QED) is 0.765. The predicted octanol–water partition coefficient (Wildman–Crippen LogP) is 2.99. The van der Waals surface area contributed by atoms with Crippen LogP contribution in [0.25, 0.3) is 0 Å². The smallest absolute Gasteiger partial charge is 0.353 e. The van der Waals surface area contributed by atoms with Gasteiger partial charge in [0.05, 0.1) is 0 Å². The number of benzene rings is 1. The zero-order valence-electron chi connectivity index (χ0n) is 13.7. The normalized spacial score (nSPS) is 15.7. The second-order valence-electron chi connectivity index (χ2n) is 5.91. The molecule has 2 aromatic rings. The van der Waals surface area contributed by atoms with Crippen molar-refractivity contribution >= 4 is 11.7 Å². The molecule has 1 aliphatic rings. The van der Waals surface area contributed by atoms with E-state index >= 15 is 0 Å². The Hall–Kier alpha value is -2.71. The van der Waals surface area contributed by atoms with Crippen molar-refractivity contribution in [2.24, 2.45) is 0 Å². The number of nitrogens with zero attached hydrogens (tertiary/aromatic N) is 4. The highest BCUT2D eigenvalue weighted by Gasteiger charge is 2.33. The van der Waals surface area contributed by atoms with Crippen LogP contribution < -0.4 is 4.90 Å². The van der Waals surface area contributed by atoms with Crippen molar-refractivity contribution < 1.29 is 22.4 Å². The van der Waals surface area contributed by atoms with Gasteiger partial charge in [-0.2, -0.15) is 13.2 Å². The third kappa shape index (κ3) is 4.09. The van der Waals surface area contributed by atoms with Gasteiger partial charge in [-0.3, -0.25) is 4.79 Å². The van der Waals surface area contributed by atoms with Crippen LogP contribution in [0.5, 0.6) is 0 Å². The lowest BCUT2D eigenvalue weighted by atomic mass is 10.2.